The fraction of sp³-hybridized carbons (Fsp3) is 0.474. The average Bonchev–Trinajstić information content (AvgIpc) is 2.66. The van der Waals surface area contributed by atoms with Crippen LogP contribution in [0.15, 0.2) is 39.8 Å². The molecule has 0 spiro atoms. The van der Waals surface area contributed by atoms with Crippen LogP contribution in [0.3, 0.4) is 0 Å². The largest absolute Gasteiger partial charge is 0.351 e. The smallest absolute Gasteiger partial charge is 0.224 e. The molecule has 9 heteroatoms. The van der Waals surface area contributed by atoms with Crippen LogP contribution in [0.1, 0.15) is 39.5 Å². The van der Waals surface area contributed by atoms with Gasteiger partial charge < -0.3 is 16.4 Å². The summed E-state index contributed by atoms with van der Waals surface area (Å²) in [6.45, 7) is 3.34. The minimum Gasteiger partial charge on any atom is -0.351 e. The maximum atomic E-state index is 12.7. The number of sulfone groups is 1. The third-order valence-electron chi connectivity index (χ3n) is 4.92. The van der Waals surface area contributed by atoms with Crippen molar-refractivity contribution < 1.29 is 8.42 Å². The molecule has 0 unspecified atom stereocenters. The third-order valence-corrected chi connectivity index (χ3v) is 7.71. The van der Waals surface area contributed by atoms with E-state index in [0.29, 0.717) is 28.0 Å². The number of hydrogen-bond donors (Lipinski definition) is 3. The molecule has 0 saturated heterocycles. The summed E-state index contributed by atoms with van der Waals surface area (Å²) in [5.74, 6) is 1.02. The topological polar surface area (TPSA) is 110 Å². The number of aromatic nitrogens is 2. The zero-order valence-electron chi connectivity index (χ0n) is 16.0. The van der Waals surface area contributed by atoms with E-state index in [1.165, 1.54) is 0 Å². The fourth-order valence-corrected chi connectivity index (χ4v) is 4.66. The number of halogens is 1. The number of nitrogens with one attached hydrogen (secondary N) is 2. The normalized spacial score (nSPS) is 20.2. The number of hydrogen-bond acceptors (Lipinski definition) is 7. The van der Waals surface area contributed by atoms with Gasteiger partial charge >= 0.3 is 0 Å². The molecule has 28 heavy (non-hydrogen) atoms. The molecule has 7 nitrogen and oxygen atoms in total. The highest BCUT2D eigenvalue weighted by Gasteiger charge is 2.23. The minimum atomic E-state index is -3.43. The summed E-state index contributed by atoms with van der Waals surface area (Å²) in [4.78, 5) is 9.13. The maximum absolute atomic E-state index is 12.7. The molecule has 0 radical (unpaired) electrons. The Hall–Kier alpha value is -1.71. The number of para-hydroxylation sites is 1. The molecule has 1 aliphatic carbocycles. The van der Waals surface area contributed by atoms with E-state index in [1.807, 2.05) is 0 Å². The lowest BCUT2D eigenvalue weighted by Crippen LogP contribution is -2.33. The van der Waals surface area contributed by atoms with Crippen molar-refractivity contribution in [2.24, 2.45) is 5.73 Å². The molecule has 2 aromatic rings. The lowest BCUT2D eigenvalue weighted by atomic mass is 9.92. The molecule has 1 aromatic heterocycles. The molecule has 0 atom stereocenters. The standard InChI is InChI=1S/C19H26BrN5O2S/c1-12(2)28(26,27)17-6-4-3-5-16(17)24-18-15(20)11-22-19(25-18)23-14-9-7-13(21)8-10-14/h3-6,11-14H,7-10,21H2,1-2H3,(H2,22,23,24,25). The summed E-state index contributed by atoms with van der Waals surface area (Å²) in [6, 6.07) is 7.43. The Balaban J connectivity index is 1.84. The maximum Gasteiger partial charge on any atom is 0.224 e. The number of rotatable bonds is 6. The summed E-state index contributed by atoms with van der Waals surface area (Å²) in [6.07, 6.45) is 5.60. The number of nitrogens with zero attached hydrogens (tertiary/aromatic N) is 2. The molecule has 3 rings (SSSR count). The van der Waals surface area contributed by atoms with Crippen LogP contribution in [0.25, 0.3) is 0 Å². The zero-order valence-corrected chi connectivity index (χ0v) is 18.4. The van der Waals surface area contributed by atoms with Gasteiger partial charge in [-0.3, -0.25) is 0 Å². The van der Waals surface area contributed by atoms with Gasteiger partial charge in [-0.15, -0.1) is 0 Å². The monoisotopic (exact) mass is 467 g/mol. The Labute approximate surface area is 174 Å². The van der Waals surface area contributed by atoms with Crippen molar-refractivity contribution in [1.29, 1.82) is 0 Å². The molecule has 1 saturated carbocycles. The Morgan fingerprint density at radius 2 is 1.86 bits per heavy atom. The predicted octanol–water partition coefficient (Wildman–Crippen LogP) is 3.85. The van der Waals surface area contributed by atoms with E-state index in [4.69, 9.17) is 5.73 Å². The van der Waals surface area contributed by atoms with Crippen LogP contribution in [0.2, 0.25) is 0 Å². The van der Waals surface area contributed by atoms with Crippen molar-refractivity contribution in [2.75, 3.05) is 10.6 Å². The SMILES string of the molecule is CC(C)S(=O)(=O)c1ccccc1Nc1nc(NC2CCC(N)CC2)ncc1Br. The van der Waals surface area contributed by atoms with E-state index >= 15 is 0 Å². The number of anilines is 3. The summed E-state index contributed by atoms with van der Waals surface area (Å²) in [5, 5.41) is 6.00. The first-order valence-corrected chi connectivity index (χ1v) is 11.8. The lowest BCUT2D eigenvalue weighted by molar-refractivity contribution is 0.410. The van der Waals surface area contributed by atoms with Crippen molar-refractivity contribution in [3.63, 3.8) is 0 Å². The van der Waals surface area contributed by atoms with E-state index < -0.39 is 15.1 Å². The Morgan fingerprint density at radius 3 is 2.54 bits per heavy atom. The van der Waals surface area contributed by atoms with Crippen molar-refractivity contribution >= 4 is 43.2 Å². The van der Waals surface area contributed by atoms with Gasteiger partial charge in [0.25, 0.3) is 0 Å². The van der Waals surface area contributed by atoms with Crippen molar-refractivity contribution in [3.05, 3.63) is 34.9 Å². The lowest BCUT2D eigenvalue weighted by Gasteiger charge is -2.26. The van der Waals surface area contributed by atoms with E-state index in [1.54, 1.807) is 44.3 Å². The van der Waals surface area contributed by atoms with Gasteiger partial charge in [0.1, 0.15) is 5.82 Å². The summed E-state index contributed by atoms with van der Waals surface area (Å²) in [5.41, 5.74) is 6.46. The predicted molar refractivity (Wildman–Crippen MR) is 116 cm³/mol. The molecule has 0 amide bonds. The second-order valence-electron chi connectivity index (χ2n) is 7.36. The van der Waals surface area contributed by atoms with Crippen LogP contribution in [-0.4, -0.2) is 35.7 Å². The molecular weight excluding hydrogens is 442 g/mol. The zero-order chi connectivity index (χ0) is 20.3. The molecule has 4 N–H and O–H groups in total. The summed E-state index contributed by atoms with van der Waals surface area (Å²) >= 11 is 3.44. The Bertz CT molecular complexity index is 928. The highest BCUT2D eigenvalue weighted by Crippen LogP contribution is 2.30. The van der Waals surface area contributed by atoms with Crippen LogP contribution < -0.4 is 16.4 Å². The first-order valence-electron chi connectivity index (χ1n) is 9.42. The van der Waals surface area contributed by atoms with Gasteiger partial charge in [-0.2, -0.15) is 4.98 Å². The van der Waals surface area contributed by atoms with E-state index in [-0.39, 0.29) is 10.9 Å². The van der Waals surface area contributed by atoms with Crippen molar-refractivity contribution in [3.8, 4) is 0 Å². The molecule has 1 heterocycles. The Kier molecular flexibility index (Phi) is 6.57. The van der Waals surface area contributed by atoms with Gasteiger partial charge in [0.2, 0.25) is 5.95 Å². The first-order chi connectivity index (χ1) is 13.3. The third kappa shape index (κ3) is 4.82. The van der Waals surface area contributed by atoms with Crippen LogP contribution in [0, 0.1) is 0 Å². The first kappa shape index (κ1) is 21.0. The van der Waals surface area contributed by atoms with E-state index in [9.17, 15) is 8.42 Å². The van der Waals surface area contributed by atoms with E-state index in [2.05, 4.69) is 36.5 Å². The molecule has 152 valence electrons. The van der Waals surface area contributed by atoms with Crippen molar-refractivity contribution in [2.45, 2.75) is 61.8 Å². The average molecular weight is 468 g/mol. The van der Waals surface area contributed by atoms with Crippen LogP contribution in [0.5, 0.6) is 0 Å². The van der Waals surface area contributed by atoms with Gasteiger partial charge in [0.15, 0.2) is 9.84 Å². The summed E-state index contributed by atoms with van der Waals surface area (Å²) < 4.78 is 26.0. The quantitative estimate of drug-likeness (QED) is 0.591. The molecule has 0 bridgehead atoms. The van der Waals surface area contributed by atoms with Gasteiger partial charge in [-0.05, 0) is 67.6 Å². The molecule has 1 aromatic carbocycles. The summed E-state index contributed by atoms with van der Waals surface area (Å²) in [7, 11) is -3.43. The number of benzene rings is 1. The molecular formula is C19H26BrN5O2S. The van der Waals surface area contributed by atoms with E-state index in [0.717, 1.165) is 25.7 Å². The molecule has 1 fully saturated rings. The highest BCUT2D eigenvalue weighted by molar-refractivity contribution is 9.10. The Morgan fingerprint density at radius 1 is 1.18 bits per heavy atom. The van der Waals surface area contributed by atoms with Crippen LogP contribution >= 0.6 is 15.9 Å². The van der Waals surface area contributed by atoms with Gasteiger partial charge in [0, 0.05) is 18.3 Å². The second kappa shape index (κ2) is 8.75. The van der Waals surface area contributed by atoms with Gasteiger partial charge in [-0.25, -0.2) is 13.4 Å². The minimum absolute atomic E-state index is 0.256. The van der Waals surface area contributed by atoms with Gasteiger partial charge in [0.05, 0.1) is 20.3 Å². The number of nitrogens with two attached hydrogens (primary N) is 1. The van der Waals surface area contributed by atoms with Crippen LogP contribution in [-0.2, 0) is 9.84 Å². The molecule has 1 aliphatic rings. The van der Waals surface area contributed by atoms with Gasteiger partial charge in [-0.1, -0.05) is 12.1 Å². The van der Waals surface area contributed by atoms with Crippen LogP contribution in [0.4, 0.5) is 17.5 Å². The fourth-order valence-electron chi connectivity index (χ4n) is 3.17. The molecule has 0 aliphatic heterocycles. The highest BCUT2D eigenvalue weighted by atomic mass is 79.9. The second-order valence-corrected chi connectivity index (χ2v) is 10.7. The van der Waals surface area contributed by atoms with Crippen molar-refractivity contribution in [1.82, 2.24) is 9.97 Å².